The average Bonchev–Trinajstić information content (AvgIpc) is 3.27. The van der Waals surface area contributed by atoms with Crippen molar-refractivity contribution < 1.29 is 9.53 Å². The van der Waals surface area contributed by atoms with Crippen LogP contribution in [0.5, 0.6) is 0 Å². The number of ether oxygens (including phenoxy) is 1. The van der Waals surface area contributed by atoms with E-state index in [9.17, 15) is 4.79 Å². The molecule has 0 bridgehead atoms. The van der Waals surface area contributed by atoms with Gasteiger partial charge in [0.05, 0.1) is 18.8 Å². The Morgan fingerprint density at radius 3 is 2.81 bits per heavy atom. The molecule has 0 saturated carbocycles. The molecule has 5 rings (SSSR count). The third-order valence-corrected chi connectivity index (χ3v) is 5.75. The molecule has 0 spiro atoms. The first-order valence-corrected chi connectivity index (χ1v) is 9.58. The Balaban J connectivity index is 1.51. The normalized spacial score (nSPS) is 17.3. The molecule has 27 heavy (non-hydrogen) atoms. The molecule has 6 heteroatoms. The molecule has 1 aromatic heterocycles. The van der Waals surface area contributed by atoms with Gasteiger partial charge in [-0.25, -0.2) is 0 Å². The molecule has 1 amide bonds. The zero-order valence-electron chi connectivity index (χ0n) is 14.8. The first-order chi connectivity index (χ1) is 13.2. The van der Waals surface area contributed by atoms with Crippen LogP contribution in [0.15, 0.2) is 36.4 Å². The van der Waals surface area contributed by atoms with Crippen LogP contribution in [0.25, 0.3) is 22.2 Å². The molecule has 2 aromatic carbocycles. The van der Waals surface area contributed by atoms with Crippen molar-refractivity contribution in [2.45, 2.75) is 13.1 Å². The number of hydrogen-bond donors (Lipinski definition) is 2. The number of rotatable bonds is 3. The van der Waals surface area contributed by atoms with Gasteiger partial charge >= 0.3 is 0 Å². The molecular weight excluding hydrogens is 362 g/mol. The van der Waals surface area contributed by atoms with E-state index in [2.05, 4.69) is 39.5 Å². The summed E-state index contributed by atoms with van der Waals surface area (Å²) in [7, 11) is 0. The summed E-state index contributed by atoms with van der Waals surface area (Å²) in [5.41, 5.74) is 5.76. The molecule has 2 aliphatic heterocycles. The standard InChI is InChI=1S/C21H20ClN3O2/c22-17-3-2-15(20-16(17)11-23-21(20)26)19-10-14-9-13(1-4-18(14)24-19)12-25-5-7-27-8-6-25/h1-4,9-10,24H,5-8,11-12H2,(H,23,26). The van der Waals surface area contributed by atoms with Crippen LogP contribution < -0.4 is 5.32 Å². The number of carbonyl (C=O) groups is 1. The van der Waals surface area contributed by atoms with Crippen molar-refractivity contribution in [3.63, 3.8) is 0 Å². The molecule has 0 radical (unpaired) electrons. The van der Waals surface area contributed by atoms with Crippen molar-refractivity contribution in [3.8, 4) is 11.3 Å². The van der Waals surface area contributed by atoms with Gasteiger partial charge in [0.1, 0.15) is 0 Å². The van der Waals surface area contributed by atoms with Gasteiger partial charge in [0.25, 0.3) is 5.91 Å². The number of amides is 1. The minimum atomic E-state index is -0.0610. The second kappa shape index (κ2) is 6.68. The lowest BCUT2D eigenvalue weighted by atomic mass is 10.0. The summed E-state index contributed by atoms with van der Waals surface area (Å²) in [5, 5.41) is 4.66. The number of H-pyrrole nitrogens is 1. The number of benzene rings is 2. The van der Waals surface area contributed by atoms with E-state index in [1.54, 1.807) is 0 Å². The van der Waals surface area contributed by atoms with E-state index in [0.717, 1.165) is 60.6 Å². The van der Waals surface area contributed by atoms with Gasteiger partial charge in [0.2, 0.25) is 0 Å². The van der Waals surface area contributed by atoms with Gasteiger partial charge in [0.15, 0.2) is 0 Å². The third kappa shape index (κ3) is 3.02. The summed E-state index contributed by atoms with van der Waals surface area (Å²) >= 11 is 6.27. The van der Waals surface area contributed by atoms with Crippen molar-refractivity contribution in [2.75, 3.05) is 26.3 Å². The molecule has 3 heterocycles. The Bertz CT molecular complexity index is 1040. The number of aromatic amines is 1. The molecule has 2 N–H and O–H groups in total. The second-order valence-electron chi connectivity index (χ2n) is 7.12. The van der Waals surface area contributed by atoms with Crippen molar-refractivity contribution in [1.29, 1.82) is 0 Å². The number of halogens is 1. The highest BCUT2D eigenvalue weighted by Gasteiger charge is 2.26. The van der Waals surface area contributed by atoms with Gasteiger partial charge in [0, 0.05) is 58.9 Å². The minimum absolute atomic E-state index is 0.0610. The number of aromatic nitrogens is 1. The topological polar surface area (TPSA) is 57.4 Å². The molecule has 0 aliphatic carbocycles. The summed E-state index contributed by atoms with van der Waals surface area (Å²) in [6.07, 6.45) is 0. The highest BCUT2D eigenvalue weighted by Crippen LogP contribution is 2.34. The number of carbonyl (C=O) groups excluding carboxylic acids is 1. The minimum Gasteiger partial charge on any atom is -0.379 e. The maximum absolute atomic E-state index is 12.3. The van der Waals surface area contributed by atoms with E-state index in [4.69, 9.17) is 16.3 Å². The molecule has 0 unspecified atom stereocenters. The summed E-state index contributed by atoms with van der Waals surface area (Å²) in [5.74, 6) is -0.0610. The molecule has 1 fully saturated rings. The van der Waals surface area contributed by atoms with Crippen molar-refractivity contribution in [2.24, 2.45) is 0 Å². The molecule has 0 atom stereocenters. The largest absolute Gasteiger partial charge is 0.379 e. The van der Waals surface area contributed by atoms with Crippen LogP contribution in [-0.4, -0.2) is 42.1 Å². The molecular formula is C21H20ClN3O2. The Morgan fingerprint density at radius 1 is 1.11 bits per heavy atom. The van der Waals surface area contributed by atoms with E-state index in [0.29, 0.717) is 17.1 Å². The number of fused-ring (bicyclic) bond motifs is 2. The van der Waals surface area contributed by atoms with E-state index in [-0.39, 0.29) is 5.91 Å². The number of hydrogen-bond acceptors (Lipinski definition) is 3. The predicted molar refractivity (Wildman–Crippen MR) is 106 cm³/mol. The van der Waals surface area contributed by atoms with Crippen molar-refractivity contribution in [1.82, 2.24) is 15.2 Å². The predicted octanol–water partition coefficient (Wildman–Crippen LogP) is 3.56. The van der Waals surface area contributed by atoms with Crippen molar-refractivity contribution in [3.05, 3.63) is 58.1 Å². The first kappa shape index (κ1) is 16.8. The maximum atomic E-state index is 12.3. The summed E-state index contributed by atoms with van der Waals surface area (Å²) < 4.78 is 5.42. The van der Waals surface area contributed by atoms with Gasteiger partial charge in [-0.3, -0.25) is 9.69 Å². The van der Waals surface area contributed by atoms with Gasteiger partial charge in [-0.15, -0.1) is 0 Å². The van der Waals surface area contributed by atoms with E-state index in [1.807, 2.05) is 12.1 Å². The second-order valence-corrected chi connectivity index (χ2v) is 7.53. The fourth-order valence-corrected chi connectivity index (χ4v) is 4.20. The van der Waals surface area contributed by atoms with E-state index >= 15 is 0 Å². The first-order valence-electron chi connectivity index (χ1n) is 9.21. The molecule has 138 valence electrons. The zero-order valence-corrected chi connectivity index (χ0v) is 15.6. The summed E-state index contributed by atoms with van der Waals surface area (Å²) in [6.45, 7) is 4.98. The Labute approximate surface area is 162 Å². The monoisotopic (exact) mass is 381 g/mol. The fourth-order valence-electron chi connectivity index (χ4n) is 3.98. The third-order valence-electron chi connectivity index (χ3n) is 5.39. The highest BCUT2D eigenvalue weighted by atomic mass is 35.5. The summed E-state index contributed by atoms with van der Waals surface area (Å²) in [4.78, 5) is 18.2. The van der Waals surface area contributed by atoms with Crippen LogP contribution in [0.1, 0.15) is 21.5 Å². The van der Waals surface area contributed by atoms with E-state index in [1.165, 1.54) is 5.56 Å². The van der Waals surface area contributed by atoms with Gasteiger partial charge < -0.3 is 15.0 Å². The van der Waals surface area contributed by atoms with Gasteiger partial charge in [-0.05, 0) is 29.8 Å². The lowest BCUT2D eigenvalue weighted by molar-refractivity contribution is 0.0342. The number of morpholine rings is 1. The van der Waals surface area contributed by atoms with Crippen LogP contribution in [0.2, 0.25) is 5.02 Å². The van der Waals surface area contributed by atoms with Crippen LogP contribution in [0.3, 0.4) is 0 Å². The quantitative estimate of drug-likeness (QED) is 0.729. The number of nitrogens with one attached hydrogen (secondary N) is 2. The average molecular weight is 382 g/mol. The molecule has 2 aliphatic rings. The lowest BCUT2D eigenvalue weighted by Crippen LogP contribution is -2.35. The number of nitrogens with zero attached hydrogens (tertiary/aromatic N) is 1. The molecule has 1 saturated heterocycles. The van der Waals surface area contributed by atoms with Crippen LogP contribution in [0.4, 0.5) is 0 Å². The Hall–Kier alpha value is -2.34. The molecule has 3 aromatic rings. The Kier molecular flexibility index (Phi) is 4.16. The lowest BCUT2D eigenvalue weighted by Gasteiger charge is -2.26. The van der Waals surface area contributed by atoms with Crippen molar-refractivity contribution >= 4 is 28.4 Å². The SMILES string of the molecule is O=C1NCc2c(Cl)ccc(-c3cc4cc(CN5CCOCC5)ccc4[nH]3)c21. The smallest absolute Gasteiger partial charge is 0.252 e. The van der Waals surface area contributed by atoms with Crippen LogP contribution in [-0.2, 0) is 17.8 Å². The summed E-state index contributed by atoms with van der Waals surface area (Å²) in [6, 6.07) is 12.4. The highest BCUT2D eigenvalue weighted by molar-refractivity contribution is 6.32. The van der Waals surface area contributed by atoms with Gasteiger partial charge in [-0.1, -0.05) is 23.7 Å². The van der Waals surface area contributed by atoms with E-state index < -0.39 is 0 Å². The maximum Gasteiger partial charge on any atom is 0.252 e. The Morgan fingerprint density at radius 2 is 1.96 bits per heavy atom. The zero-order chi connectivity index (χ0) is 18.4. The molecule has 5 nitrogen and oxygen atoms in total. The van der Waals surface area contributed by atoms with Crippen LogP contribution >= 0.6 is 11.6 Å². The van der Waals surface area contributed by atoms with Crippen LogP contribution in [0, 0.1) is 0 Å². The van der Waals surface area contributed by atoms with Gasteiger partial charge in [-0.2, -0.15) is 0 Å². The fraction of sp³-hybridized carbons (Fsp3) is 0.286.